The number of nitrogens with zero attached hydrogens (tertiary/aromatic N) is 3. The zero-order chi connectivity index (χ0) is 19.2. The van der Waals surface area contributed by atoms with Gasteiger partial charge < -0.3 is 25.0 Å². The fourth-order valence-corrected chi connectivity index (χ4v) is 3.45. The van der Waals surface area contributed by atoms with Crippen molar-refractivity contribution in [2.45, 2.75) is 64.7 Å². The van der Waals surface area contributed by atoms with Gasteiger partial charge in [0, 0.05) is 32.0 Å². The van der Waals surface area contributed by atoms with Crippen LogP contribution in [0.4, 0.5) is 10.6 Å². The van der Waals surface area contributed by atoms with Crippen LogP contribution in [0.15, 0.2) is 6.33 Å². The van der Waals surface area contributed by atoms with Gasteiger partial charge in [-0.15, -0.1) is 0 Å². The third-order valence-corrected chi connectivity index (χ3v) is 5.03. The van der Waals surface area contributed by atoms with E-state index in [0.717, 1.165) is 50.2 Å². The van der Waals surface area contributed by atoms with Crippen molar-refractivity contribution in [3.63, 3.8) is 0 Å². The Kier molecular flexibility index (Phi) is 6.71. The molecule has 2 aliphatic rings. The molecular formula is C19H31N5O3. The molecule has 3 heterocycles. The van der Waals surface area contributed by atoms with Crippen molar-refractivity contribution in [3.8, 4) is 5.88 Å². The van der Waals surface area contributed by atoms with Gasteiger partial charge in [0.2, 0.25) is 5.88 Å². The van der Waals surface area contributed by atoms with Gasteiger partial charge in [0.25, 0.3) is 0 Å². The quantitative estimate of drug-likeness (QED) is 0.814. The third-order valence-electron chi connectivity index (χ3n) is 5.03. The lowest BCUT2D eigenvalue weighted by atomic mass is 10.1. The minimum atomic E-state index is -0.241. The summed E-state index contributed by atoms with van der Waals surface area (Å²) < 4.78 is 11.4. The Labute approximate surface area is 161 Å². The average Bonchev–Trinajstić information content (AvgIpc) is 2.66. The number of carbonyl (C=O) groups excluding carboxylic acids is 1. The molecule has 0 spiro atoms. The first-order chi connectivity index (χ1) is 13.0. The summed E-state index contributed by atoms with van der Waals surface area (Å²) in [5.41, 5.74) is 0.942. The Hall–Kier alpha value is -2.09. The average molecular weight is 377 g/mol. The number of likely N-dealkylation sites (tertiary alicyclic amines) is 1. The van der Waals surface area contributed by atoms with Crippen LogP contribution in [-0.2, 0) is 4.74 Å². The van der Waals surface area contributed by atoms with Crippen LogP contribution < -0.4 is 15.4 Å². The van der Waals surface area contributed by atoms with Crippen LogP contribution in [0.25, 0.3) is 0 Å². The zero-order valence-electron chi connectivity index (χ0n) is 16.5. The molecule has 0 atom stereocenters. The number of nitrogens with one attached hydrogen (secondary N) is 2. The summed E-state index contributed by atoms with van der Waals surface area (Å²) in [7, 11) is 0. The molecule has 1 aromatic heterocycles. The van der Waals surface area contributed by atoms with Crippen molar-refractivity contribution in [2.24, 2.45) is 0 Å². The number of anilines is 1. The van der Waals surface area contributed by atoms with E-state index in [9.17, 15) is 4.79 Å². The van der Waals surface area contributed by atoms with E-state index >= 15 is 0 Å². The standard InChI is InChI=1S/C19H31N5O3/c1-13(2)26-19(25)24-10-6-16(7-11-24)27-18-14(3)17(21-12-22-18)23-15-4-8-20-9-5-15/h12-13,15-16,20H,4-11H2,1-3H3,(H,21,22,23). The van der Waals surface area contributed by atoms with E-state index in [-0.39, 0.29) is 18.3 Å². The van der Waals surface area contributed by atoms with E-state index in [1.165, 1.54) is 0 Å². The smallest absolute Gasteiger partial charge is 0.410 e. The van der Waals surface area contributed by atoms with Gasteiger partial charge in [-0.1, -0.05) is 0 Å². The Morgan fingerprint density at radius 3 is 2.59 bits per heavy atom. The topological polar surface area (TPSA) is 88.6 Å². The van der Waals surface area contributed by atoms with Crippen LogP contribution in [0.1, 0.15) is 45.1 Å². The van der Waals surface area contributed by atoms with Crippen LogP contribution in [0.5, 0.6) is 5.88 Å². The maximum Gasteiger partial charge on any atom is 0.410 e. The Balaban J connectivity index is 1.54. The predicted octanol–water partition coefficient (Wildman–Crippen LogP) is 2.34. The molecule has 0 saturated carbocycles. The van der Waals surface area contributed by atoms with Gasteiger partial charge in [-0.05, 0) is 46.7 Å². The largest absolute Gasteiger partial charge is 0.474 e. The number of aromatic nitrogens is 2. The van der Waals surface area contributed by atoms with E-state index < -0.39 is 0 Å². The molecule has 0 radical (unpaired) electrons. The molecule has 2 aliphatic heterocycles. The van der Waals surface area contributed by atoms with E-state index in [0.29, 0.717) is 25.0 Å². The van der Waals surface area contributed by atoms with E-state index in [4.69, 9.17) is 9.47 Å². The van der Waals surface area contributed by atoms with Gasteiger partial charge in [-0.25, -0.2) is 14.8 Å². The van der Waals surface area contributed by atoms with Gasteiger partial charge in [-0.3, -0.25) is 0 Å². The maximum atomic E-state index is 12.0. The Morgan fingerprint density at radius 1 is 1.22 bits per heavy atom. The number of piperidine rings is 2. The lowest BCUT2D eigenvalue weighted by molar-refractivity contribution is 0.0505. The molecule has 2 saturated heterocycles. The van der Waals surface area contributed by atoms with Gasteiger partial charge >= 0.3 is 6.09 Å². The van der Waals surface area contributed by atoms with Crippen molar-refractivity contribution in [1.82, 2.24) is 20.2 Å². The Bertz CT molecular complexity index is 626. The molecule has 2 N–H and O–H groups in total. The summed E-state index contributed by atoms with van der Waals surface area (Å²) in [5.74, 6) is 1.48. The lowest BCUT2D eigenvalue weighted by Gasteiger charge is -2.32. The summed E-state index contributed by atoms with van der Waals surface area (Å²) in [6, 6.07) is 0.433. The third kappa shape index (κ3) is 5.45. The number of hydrogen-bond acceptors (Lipinski definition) is 7. The Morgan fingerprint density at radius 2 is 1.93 bits per heavy atom. The molecule has 8 heteroatoms. The zero-order valence-corrected chi connectivity index (χ0v) is 16.5. The molecule has 1 amide bonds. The van der Waals surface area contributed by atoms with Gasteiger partial charge in [0.1, 0.15) is 18.2 Å². The first kappa shape index (κ1) is 19.7. The fraction of sp³-hybridized carbons (Fsp3) is 0.737. The van der Waals surface area contributed by atoms with E-state index in [1.54, 1.807) is 11.2 Å². The molecule has 8 nitrogen and oxygen atoms in total. The summed E-state index contributed by atoms with van der Waals surface area (Å²) in [6.45, 7) is 9.06. The highest BCUT2D eigenvalue weighted by Gasteiger charge is 2.26. The van der Waals surface area contributed by atoms with Crippen molar-refractivity contribution in [3.05, 3.63) is 11.9 Å². The van der Waals surface area contributed by atoms with Crippen molar-refractivity contribution in [1.29, 1.82) is 0 Å². The second-order valence-electron chi connectivity index (χ2n) is 7.56. The SMILES string of the molecule is Cc1c(NC2CCNCC2)ncnc1OC1CCN(C(=O)OC(C)C)CC1. The van der Waals surface area contributed by atoms with Crippen molar-refractivity contribution in [2.75, 3.05) is 31.5 Å². The molecular weight excluding hydrogens is 346 g/mol. The van der Waals surface area contributed by atoms with Crippen LogP contribution in [0, 0.1) is 6.92 Å². The monoisotopic (exact) mass is 377 g/mol. The lowest BCUT2D eigenvalue weighted by Crippen LogP contribution is -2.42. The first-order valence-electron chi connectivity index (χ1n) is 9.94. The molecule has 0 bridgehead atoms. The van der Waals surface area contributed by atoms with Crippen LogP contribution in [-0.4, -0.2) is 65.4 Å². The van der Waals surface area contributed by atoms with Gasteiger partial charge in [-0.2, -0.15) is 0 Å². The number of rotatable bonds is 5. The highest BCUT2D eigenvalue weighted by Crippen LogP contribution is 2.25. The highest BCUT2D eigenvalue weighted by atomic mass is 16.6. The van der Waals surface area contributed by atoms with Crippen LogP contribution in [0.3, 0.4) is 0 Å². The highest BCUT2D eigenvalue weighted by molar-refractivity contribution is 5.67. The molecule has 0 aromatic carbocycles. The number of carbonyl (C=O) groups is 1. The van der Waals surface area contributed by atoms with Gasteiger partial charge in [0.15, 0.2) is 0 Å². The minimum absolute atomic E-state index is 0.0495. The summed E-state index contributed by atoms with van der Waals surface area (Å²) in [4.78, 5) is 22.5. The number of hydrogen-bond donors (Lipinski definition) is 2. The molecule has 27 heavy (non-hydrogen) atoms. The van der Waals surface area contributed by atoms with Crippen molar-refractivity contribution >= 4 is 11.9 Å². The van der Waals surface area contributed by atoms with E-state index in [2.05, 4.69) is 20.6 Å². The molecule has 0 aliphatic carbocycles. The van der Waals surface area contributed by atoms with E-state index in [1.807, 2.05) is 20.8 Å². The fourth-order valence-electron chi connectivity index (χ4n) is 3.45. The first-order valence-corrected chi connectivity index (χ1v) is 9.94. The van der Waals surface area contributed by atoms with Crippen LogP contribution >= 0.6 is 0 Å². The molecule has 150 valence electrons. The molecule has 1 aromatic rings. The summed E-state index contributed by atoms with van der Waals surface area (Å²) in [6.07, 6.45) is 4.99. The summed E-state index contributed by atoms with van der Waals surface area (Å²) >= 11 is 0. The van der Waals surface area contributed by atoms with Crippen molar-refractivity contribution < 1.29 is 14.3 Å². The predicted molar refractivity (Wildman–Crippen MR) is 103 cm³/mol. The van der Waals surface area contributed by atoms with Crippen LogP contribution in [0.2, 0.25) is 0 Å². The minimum Gasteiger partial charge on any atom is -0.474 e. The second kappa shape index (κ2) is 9.21. The number of ether oxygens (including phenoxy) is 2. The normalized spacial score (nSPS) is 19.2. The molecule has 0 unspecified atom stereocenters. The van der Waals surface area contributed by atoms with Gasteiger partial charge in [0.05, 0.1) is 11.7 Å². The molecule has 3 rings (SSSR count). The second-order valence-corrected chi connectivity index (χ2v) is 7.56. The maximum absolute atomic E-state index is 12.0. The molecule has 2 fully saturated rings. The number of amides is 1. The summed E-state index contributed by atoms with van der Waals surface area (Å²) in [5, 5.41) is 6.89.